The molecule has 7 atom stereocenters. The van der Waals surface area contributed by atoms with E-state index in [1.165, 1.54) is 38.5 Å². The van der Waals surface area contributed by atoms with E-state index in [1.54, 1.807) is 6.08 Å². The first-order valence-electron chi connectivity index (χ1n) is 28.0. The number of allylic oxidation sites excluding steroid dienone is 1. The van der Waals surface area contributed by atoms with Gasteiger partial charge in [0.05, 0.1) is 30.5 Å². The molecule has 73 heavy (non-hydrogen) atoms. The molecule has 2 aliphatic carbocycles. The number of oxime groups is 1. The molecule has 2 aliphatic heterocycles. The second kappa shape index (κ2) is 27.5. The van der Waals surface area contributed by atoms with Crippen molar-refractivity contribution in [3.05, 3.63) is 126 Å². The molecule has 4 aliphatic rings. The number of aliphatic hydroxyl groups is 2. The minimum atomic E-state index is -1.38. The maximum Gasteiger partial charge on any atom is 0.239 e. The molecule has 1 unspecified atom stereocenters. The second-order valence-electron chi connectivity index (χ2n) is 21.0. The number of rotatable bonds is 29. The number of fused-ring (bicyclic) bond motifs is 3. The van der Waals surface area contributed by atoms with Gasteiger partial charge < -0.3 is 38.9 Å². The number of benzene rings is 3. The number of unbranched alkanes of at least 4 members (excludes halogenated alkanes) is 10. The fraction of sp³-hybridized carbons (Fsp3) is 0.565. The molecule has 2 N–H and O–H groups in total. The molecule has 1 saturated heterocycles. The summed E-state index contributed by atoms with van der Waals surface area (Å²) in [5.74, 6) is -0.364. The van der Waals surface area contributed by atoms with Gasteiger partial charge in [0.2, 0.25) is 18.0 Å². The van der Waals surface area contributed by atoms with Crippen LogP contribution in [0.1, 0.15) is 164 Å². The van der Waals surface area contributed by atoms with Gasteiger partial charge >= 0.3 is 0 Å². The normalized spacial score (nSPS) is 23.8. The summed E-state index contributed by atoms with van der Waals surface area (Å²) >= 11 is 0. The zero-order valence-electron chi connectivity index (χ0n) is 43.9. The van der Waals surface area contributed by atoms with Crippen LogP contribution in [-0.4, -0.2) is 76.3 Å². The number of aromatic nitrogens is 1. The summed E-state index contributed by atoms with van der Waals surface area (Å²) in [4.78, 5) is 28.8. The van der Waals surface area contributed by atoms with Crippen LogP contribution in [0.4, 0.5) is 0 Å². The maximum atomic E-state index is 15.6. The highest BCUT2D eigenvalue weighted by molar-refractivity contribution is 6.03. The van der Waals surface area contributed by atoms with Gasteiger partial charge in [-0.05, 0) is 116 Å². The lowest BCUT2D eigenvalue weighted by Crippen LogP contribution is -2.70. The summed E-state index contributed by atoms with van der Waals surface area (Å²) in [6.45, 7) is 10.1. The van der Waals surface area contributed by atoms with Gasteiger partial charge in [0.25, 0.3) is 0 Å². The molecule has 1 saturated carbocycles. The molecule has 11 nitrogen and oxygen atoms in total. The molecule has 0 bridgehead atoms. The number of carbonyl (C=O) groups is 1. The molecule has 3 heterocycles. The van der Waals surface area contributed by atoms with Gasteiger partial charge in [-0.25, -0.2) is 0 Å². The lowest BCUT2D eigenvalue weighted by atomic mass is 9.55. The van der Waals surface area contributed by atoms with Gasteiger partial charge in [0, 0.05) is 56.2 Å². The molecule has 2 fully saturated rings. The van der Waals surface area contributed by atoms with Crippen molar-refractivity contribution in [2.75, 3.05) is 26.4 Å². The fourth-order valence-corrected chi connectivity index (χ4v) is 12.2. The Hall–Kier alpha value is -5.07. The van der Waals surface area contributed by atoms with Crippen LogP contribution < -0.4 is 9.47 Å². The number of hydrogen-bond donors (Lipinski definition) is 2. The molecular weight excluding hydrogens is 915 g/mol. The van der Waals surface area contributed by atoms with Crippen molar-refractivity contribution in [1.82, 2.24) is 9.88 Å². The van der Waals surface area contributed by atoms with Crippen LogP contribution in [0.2, 0.25) is 0 Å². The Labute approximate surface area is 435 Å². The fourth-order valence-electron chi connectivity index (χ4n) is 12.2. The van der Waals surface area contributed by atoms with Crippen LogP contribution in [-0.2, 0) is 32.3 Å². The molecule has 394 valence electrons. The molecule has 0 spiro atoms. The highest BCUT2D eigenvalue weighted by atomic mass is 16.8. The number of hydrogen-bond acceptors (Lipinski definition) is 10. The first kappa shape index (κ1) is 54.2. The number of nitrogens with zero attached hydrogens (tertiary/aromatic N) is 3. The van der Waals surface area contributed by atoms with Gasteiger partial charge in [0.1, 0.15) is 24.1 Å². The number of carbonyl (C=O) groups excluding carboxylic acids is 1. The number of aryl methyl sites for hydroxylation is 1. The lowest BCUT2D eigenvalue weighted by molar-refractivity contribution is -0.258. The van der Waals surface area contributed by atoms with Crippen molar-refractivity contribution < 1.29 is 38.8 Å². The van der Waals surface area contributed by atoms with Crippen LogP contribution in [0, 0.1) is 24.7 Å². The molecule has 11 heteroatoms. The van der Waals surface area contributed by atoms with E-state index in [0.717, 1.165) is 109 Å². The summed E-state index contributed by atoms with van der Waals surface area (Å²) in [5, 5.41) is 27.6. The molecule has 4 aromatic rings. The maximum absolute atomic E-state index is 15.6. The summed E-state index contributed by atoms with van der Waals surface area (Å²) in [5.41, 5.74) is 5.62. The van der Waals surface area contributed by atoms with Crippen LogP contribution in [0.25, 0.3) is 10.8 Å². The van der Waals surface area contributed by atoms with E-state index in [9.17, 15) is 10.2 Å². The Morgan fingerprint density at radius 3 is 2.42 bits per heavy atom. The molecule has 8 rings (SSSR count). The Kier molecular flexibility index (Phi) is 20.4. The van der Waals surface area contributed by atoms with Crippen LogP contribution >= 0.6 is 0 Å². The Bertz CT molecular complexity index is 2440. The van der Waals surface area contributed by atoms with E-state index in [1.807, 2.05) is 37.3 Å². The van der Waals surface area contributed by atoms with Crippen molar-refractivity contribution >= 4 is 22.4 Å². The number of amides is 1. The molecule has 3 aromatic carbocycles. The summed E-state index contributed by atoms with van der Waals surface area (Å²) in [6, 6.07) is 26.2. The van der Waals surface area contributed by atoms with E-state index < -0.39 is 24.0 Å². The molecule has 1 aromatic heterocycles. The van der Waals surface area contributed by atoms with Crippen LogP contribution in [0.3, 0.4) is 0 Å². The predicted octanol–water partition coefficient (Wildman–Crippen LogP) is 13.2. The summed E-state index contributed by atoms with van der Waals surface area (Å²) < 4.78 is 27.7. The zero-order chi connectivity index (χ0) is 50.8. The summed E-state index contributed by atoms with van der Waals surface area (Å²) in [7, 11) is 0. The van der Waals surface area contributed by atoms with Gasteiger partial charge in [-0.2, -0.15) is 0 Å². The number of pyridine rings is 1. The van der Waals surface area contributed by atoms with E-state index in [2.05, 4.69) is 73.0 Å². The first-order chi connectivity index (χ1) is 35.9. The van der Waals surface area contributed by atoms with Gasteiger partial charge in [-0.15, -0.1) is 6.58 Å². The highest BCUT2D eigenvalue weighted by Crippen LogP contribution is 2.62. The predicted molar refractivity (Wildman–Crippen MR) is 289 cm³/mol. The SMILES string of the molecule is C=CCO[C@@]12Oc3ccc(OCc4cccc(C)n4)cc3[C@H]3[C@H](CCCCO)[C@@H](CCCCO)C=C(C(=NOC4CCCCO4)C[C@@H]1N(Cc1cccc4ccccc14)C(=O)CCCCCCCCCCC)[C@H]32. The van der Waals surface area contributed by atoms with Crippen molar-refractivity contribution in [2.24, 2.45) is 22.9 Å². The van der Waals surface area contributed by atoms with Gasteiger partial charge in [0.15, 0.2) is 0 Å². The average molecular weight is 998 g/mol. The minimum absolute atomic E-state index is 0.0578. The highest BCUT2D eigenvalue weighted by Gasteiger charge is 2.65. The van der Waals surface area contributed by atoms with E-state index in [4.69, 9.17) is 33.9 Å². The standard InChI is InChI=1S/C62H83N3O8/c1-4-6-7-8-9-10-11-12-13-32-58(68)65(43-48-28-23-27-46-25-14-15-30-51(46)48)57-42-55(64-73-59-33-18-21-39-69-59)53-40-47(26-16-19-36-66)52(31-17-20-37-67)60-54-41-50(70-44-49-29-22-24-45(3)63-49)34-35-56(54)72-62(57,61(53)60)71-38-5-2/h5,14-15,22-25,27-30,34-35,40-41,47,52,57,59-61,66-67H,2,4,6-13,16-21,26,31-33,36-39,42-44H2,1,3H3/t47-,52+,57-,59?,60+,61+,62+/m0/s1. The van der Waals surface area contributed by atoms with Crippen LogP contribution in [0.15, 0.2) is 108 Å². The Morgan fingerprint density at radius 2 is 1.66 bits per heavy atom. The van der Waals surface area contributed by atoms with Gasteiger partial charge in [-0.3, -0.25) is 9.78 Å². The summed E-state index contributed by atoms with van der Waals surface area (Å²) in [6.07, 6.45) is 22.3. The van der Waals surface area contributed by atoms with Crippen molar-refractivity contribution in [2.45, 2.75) is 179 Å². The second-order valence-corrected chi connectivity index (χ2v) is 21.0. The molecule has 0 radical (unpaired) electrons. The number of ether oxygens (including phenoxy) is 4. The number of aliphatic hydroxyl groups excluding tert-OH is 2. The van der Waals surface area contributed by atoms with E-state index in [-0.39, 0.29) is 43.5 Å². The zero-order valence-corrected chi connectivity index (χ0v) is 43.9. The molecular formula is C62H83N3O8. The quantitative estimate of drug-likeness (QED) is 0.0310. The Balaban J connectivity index is 1.27. The molecule has 1 amide bonds. The smallest absolute Gasteiger partial charge is 0.239 e. The topological polar surface area (TPSA) is 132 Å². The lowest BCUT2D eigenvalue weighted by Gasteiger charge is -2.60. The third-order valence-electron chi connectivity index (χ3n) is 15.8. The third-order valence-corrected chi connectivity index (χ3v) is 15.8. The first-order valence-corrected chi connectivity index (χ1v) is 28.0. The van der Waals surface area contributed by atoms with Crippen molar-refractivity contribution in [1.29, 1.82) is 0 Å². The van der Waals surface area contributed by atoms with E-state index in [0.29, 0.717) is 56.9 Å². The van der Waals surface area contributed by atoms with Crippen LogP contribution in [0.5, 0.6) is 11.5 Å². The van der Waals surface area contributed by atoms with Crippen molar-refractivity contribution in [3.8, 4) is 11.5 Å². The minimum Gasteiger partial charge on any atom is -0.487 e. The monoisotopic (exact) mass is 998 g/mol. The Morgan fingerprint density at radius 1 is 0.890 bits per heavy atom. The third kappa shape index (κ3) is 13.6. The van der Waals surface area contributed by atoms with E-state index >= 15 is 4.79 Å². The van der Waals surface area contributed by atoms with Gasteiger partial charge in [-0.1, -0.05) is 137 Å². The largest absolute Gasteiger partial charge is 0.487 e. The average Bonchev–Trinajstić information content (AvgIpc) is 3.41. The van der Waals surface area contributed by atoms with Crippen molar-refractivity contribution in [3.63, 3.8) is 0 Å².